The highest BCUT2D eigenvalue weighted by Crippen LogP contribution is 2.11. The van der Waals surface area contributed by atoms with Crippen LogP contribution in [0.4, 0.5) is 5.69 Å². The van der Waals surface area contributed by atoms with Crippen molar-refractivity contribution in [1.29, 1.82) is 0 Å². The summed E-state index contributed by atoms with van der Waals surface area (Å²) < 4.78 is 34.7. The summed E-state index contributed by atoms with van der Waals surface area (Å²) in [5.74, 6) is -0.190. The number of methoxy groups -OCH3 is 1. The molecule has 0 spiro atoms. The number of carbonyl (C=O) groups is 1. The maximum Gasteiger partial charge on any atom is 0.244 e. The maximum atomic E-state index is 11.7. The zero-order chi connectivity index (χ0) is 17.8. The van der Waals surface area contributed by atoms with Gasteiger partial charge in [-0.3, -0.25) is 9.52 Å². The molecule has 2 N–H and O–H groups in total. The Labute approximate surface area is 143 Å². The van der Waals surface area contributed by atoms with Crippen molar-refractivity contribution in [3.8, 4) is 0 Å². The van der Waals surface area contributed by atoms with E-state index in [1.807, 2.05) is 0 Å². The van der Waals surface area contributed by atoms with Gasteiger partial charge in [0, 0.05) is 32.0 Å². The molecular weight excluding hydrogens is 332 g/mol. The number of rotatable bonds is 11. The molecule has 0 fully saturated rings. The molecule has 7 nitrogen and oxygen atoms in total. The Balaban J connectivity index is 2.28. The van der Waals surface area contributed by atoms with Gasteiger partial charge in [-0.15, -0.1) is 0 Å². The van der Waals surface area contributed by atoms with Crippen LogP contribution in [0.25, 0.3) is 6.08 Å². The molecule has 8 heteroatoms. The molecule has 1 aromatic carbocycles. The molecule has 0 aromatic heterocycles. The molecule has 0 aliphatic rings. The predicted octanol–water partition coefficient (Wildman–Crippen LogP) is 1.24. The molecule has 0 aliphatic carbocycles. The number of benzene rings is 1. The van der Waals surface area contributed by atoms with Gasteiger partial charge in [-0.05, 0) is 30.2 Å². The molecule has 0 bridgehead atoms. The summed E-state index contributed by atoms with van der Waals surface area (Å²) in [5, 5.41) is 2.76. The predicted molar refractivity (Wildman–Crippen MR) is 94.3 cm³/mol. The van der Waals surface area contributed by atoms with Gasteiger partial charge in [0.25, 0.3) is 0 Å². The normalized spacial score (nSPS) is 11.6. The van der Waals surface area contributed by atoms with E-state index < -0.39 is 10.0 Å². The highest BCUT2D eigenvalue weighted by atomic mass is 32.2. The molecule has 1 aromatic rings. The van der Waals surface area contributed by atoms with E-state index in [1.165, 1.54) is 6.08 Å². The van der Waals surface area contributed by atoms with Crippen LogP contribution in [0, 0.1) is 0 Å². The van der Waals surface area contributed by atoms with E-state index in [0.29, 0.717) is 32.1 Å². The lowest BCUT2D eigenvalue weighted by atomic mass is 10.2. The topological polar surface area (TPSA) is 93.7 Å². The van der Waals surface area contributed by atoms with Gasteiger partial charge in [-0.1, -0.05) is 12.1 Å². The van der Waals surface area contributed by atoms with Crippen LogP contribution in [0.5, 0.6) is 0 Å². The van der Waals surface area contributed by atoms with Gasteiger partial charge in [0.15, 0.2) is 0 Å². The van der Waals surface area contributed by atoms with Crippen LogP contribution in [0.2, 0.25) is 0 Å². The van der Waals surface area contributed by atoms with Crippen LogP contribution >= 0.6 is 0 Å². The highest BCUT2D eigenvalue weighted by molar-refractivity contribution is 7.92. The van der Waals surface area contributed by atoms with E-state index in [4.69, 9.17) is 9.47 Å². The van der Waals surface area contributed by atoms with E-state index in [0.717, 1.165) is 18.2 Å². The second-order valence-corrected chi connectivity index (χ2v) is 6.83. The van der Waals surface area contributed by atoms with Crippen LogP contribution in [0.3, 0.4) is 0 Å². The number of carbonyl (C=O) groups excluding carboxylic acids is 1. The third-order valence-electron chi connectivity index (χ3n) is 2.84. The van der Waals surface area contributed by atoms with Crippen molar-refractivity contribution < 1.29 is 22.7 Å². The zero-order valence-corrected chi connectivity index (χ0v) is 14.8. The first kappa shape index (κ1) is 20.1. The average molecular weight is 356 g/mol. The van der Waals surface area contributed by atoms with E-state index in [1.54, 1.807) is 37.5 Å². The molecule has 0 saturated carbocycles. The van der Waals surface area contributed by atoms with Crippen LogP contribution in [0.15, 0.2) is 30.3 Å². The Morgan fingerprint density at radius 2 is 1.88 bits per heavy atom. The second kappa shape index (κ2) is 10.8. The summed E-state index contributed by atoms with van der Waals surface area (Å²) in [4.78, 5) is 11.7. The molecule has 0 atom stereocenters. The summed E-state index contributed by atoms with van der Waals surface area (Å²) >= 11 is 0. The summed E-state index contributed by atoms with van der Waals surface area (Å²) in [6.07, 6.45) is 4.92. The smallest absolute Gasteiger partial charge is 0.244 e. The van der Waals surface area contributed by atoms with Crippen molar-refractivity contribution in [2.24, 2.45) is 0 Å². The molecular formula is C16H24N2O5S. The van der Waals surface area contributed by atoms with Crippen molar-refractivity contribution in [1.82, 2.24) is 5.32 Å². The minimum Gasteiger partial charge on any atom is -0.382 e. The third-order valence-corrected chi connectivity index (χ3v) is 3.44. The molecule has 0 saturated heterocycles. The number of sulfonamides is 1. The van der Waals surface area contributed by atoms with Crippen molar-refractivity contribution >= 4 is 27.7 Å². The number of hydrogen-bond donors (Lipinski definition) is 2. The minimum absolute atomic E-state index is 0.190. The number of amides is 1. The van der Waals surface area contributed by atoms with Crippen molar-refractivity contribution in [3.63, 3.8) is 0 Å². The number of ether oxygens (including phenoxy) is 2. The lowest BCUT2D eigenvalue weighted by molar-refractivity contribution is -0.116. The lowest BCUT2D eigenvalue weighted by Crippen LogP contribution is -2.23. The summed E-state index contributed by atoms with van der Waals surface area (Å²) in [6, 6.07) is 6.72. The van der Waals surface area contributed by atoms with Gasteiger partial charge < -0.3 is 14.8 Å². The Morgan fingerprint density at radius 1 is 1.17 bits per heavy atom. The Kier molecular flexibility index (Phi) is 9.06. The Bertz CT molecular complexity index is 626. The standard InChI is InChI=1S/C16H24N2O5S/c1-22-12-13-23-11-3-10-17-16(19)9-6-14-4-7-15(8-5-14)18-24(2,20)21/h4-9,18H,3,10-13H2,1-2H3,(H,17,19)/b9-6+. The first-order valence-electron chi connectivity index (χ1n) is 7.51. The van der Waals surface area contributed by atoms with E-state index >= 15 is 0 Å². The fraction of sp³-hybridized carbons (Fsp3) is 0.438. The van der Waals surface area contributed by atoms with Gasteiger partial charge in [0.05, 0.1) is 19.5 Å². The second-order valence-electron chi connectivity index (χ2n) is 5.08. The summed E-state index contributed by atoms with van der Waals surface area (Å²) in [6.45, 7) is 2.22. The monoisotopic (exact) mass is 356 g/mol. The molecule has 0 aliphatic heterocycles. The minimum atomic E-state index is -3.29. The maximum absolute atomic E-state index is 11.7. The van der Waals surface area contributed by atoms with E-state index in [9.17, 15) is 13.2 Å². The largest absolute Gasteiger partial charge is 0.382 e. The number of anilines is 1. The van der Waals surface area contributed by atoms with Gasteiger partial charge in [0.1, 0.15) is 0 Å². The van der Waals surface area contributed by atoms with Gasteiger partial charge in [-0.25, -0.2) is 8.42 Å². The number of nitrogens with one attached hydrogen (secondary N) is 2. The lowest BCUT2D eigenvalue weighted by Gasteiger charge is -2.04. The average Bonchev–Trinajstić information content (AvgIpc) is 2.52. The first-order valence-corrected chi connectivity index (χ1v) is 9.40. The van der Waals surface area contributed by atoms with Crippen LogP contribution in [0.1, 0.15) is 12.0 Å². The third kappa shape index (κ3) is 9.98. The van der Waals surface area contributed by atoms with Gasteiger partial charge in [-0.2, -0.15) is 0 Å². The van der Waals surface area contributed by atoms with Crippen molar-refractivity contribution in [3.05, 3.63) is 35.9 Å². The van der Waals surface area contributed by atoms with Crippen LogP contribution < -0.4 is 10.0 Å². The summed E-state index contributed by atoms with van der Waals surface area (Å²) in [7, 11) is -1.67. The molecule has 1 rings (SSSR count). The first-order chi connectivity index (χ1) is 11.4. The molecule has 0 heterocycles. The molecule has 0 radical (unpaired) electrons. The Hall–Kier alpha value is -1.90. The molecule has 24 heavy (non-hydrogen) atoms. The van der Waals surface area contributed by atoms with E-state index in [2.05, 4.69) is 10.0 Å². The SMILES string of the molecule is COCCOCCCNC(=O)/C=C/c1ccc(NS(C)(=O)=O)cc1. The zero-order valence-electron chi connectivity index (χ0n) is 13.9. The Morgan fingerprint density at radius 3 is 2.50 bits per heavy atom. The van der Waals surface area contributed by atoms with Crippen molar-refractivity contribution in [2.75, 3.05) is 44.5 Å². The molecule has 1 amide bonds. The fourth-order valence-corrected chi connectivity index (χ4v) is 2.30. The highest BCUT2D eigenvalue weighted by Gasteiger charge is 2.01. The van der Waals surface area contributed by atoms with Crippen LogP contribution in [-0.4, -0.2) is 54.1 Å². The van der Waals surface area contributed by atoms with Gasteiger partial charge in [0.2, 0.25) is 15.9 Å². The van der Waals surface area contributed by atoms with Crippen LogP contribution in [-0.2, 0) is 24.3 Å². The molecule has 134 valence electrons. The summed E-state index contributed by atoms with van der Waals surface area (Å²) in [5.41, 5.74) is 1.28. The van der Waals surface area contributed by atoms with Crippen molar-refractivity contribution in [2.45, 2.75) is 6.42 Å². The number of hydrogen-bond acceptors (Lipinski definition) is 5. The van der Waals surface area contributed by atoms with E-state index in [-0.39, 0.29) is 5.91 Å². The fourth-order valence-electron chi connectivity index (χ4n) is 1.74. The van der Waals surface area contributed by atoms with Gasteiger partial charge >= 0.3 is 0 Å². The molecule has 0 unspecified atom stereocenters. The quantitative estimate of drug-likeness (QED) is 0.460.